The summed E-state index contributed by atoms with van der Waals surface area (Å²) in [6.45, 7) is 2.93. The molecule has 0 saturated carbocycles. The Labute approximate surface area is 215 Å². The highest BCUT2D eigenvalue weighted by atomic mass is 35.5. The van der Waals surface area contributed by atoms with E-state index in [1.165, 1.54) is 0 Å². The van der Waals surface area contributed by atoms with Crippen molar-refractivity contribution in [3.63, 3.8) is 0 Å². The first-order valence-electron chi connectivity index (χ1n) is 10.9. The third-order valence-electron chi connectivity index (χ3n) is 5.46. The first-order valence-corrected chi connectivity index (χ1v) is 11.6. The van der Waals surface area contributed by atoms with E-state index in [0.29, 0.717) is 54.1 Å². The number of nitrogen functional groups attached to an aromatic ring is 1. The molecule has 1 aromatic heterocycles. The molecule has 8 nitrogen and oxygen atoms in total. The number of nitrogens with one attached hydrogen (secondary N) is 2. The number of urea groups is 1. The number of halogens is 5. The van der Waals surface area contributed by atoms with Gasteiger partial charge in [0.15, 0.2) is 5.69 Å². The molecule has 0 spiro atoms. The zero-order valence-corrected chi connectivity index (χ0v) is 20.3. The monoisotopic (exact) mass is 539 g/mol. The SMILES string of the molecule is Nc1nc(N2CCN(Cc3ccc(NC(=O)Nc4cc(Cl)cc(Cl)c4)cc3)CC2)cc(C(F)(F)F)n1. The summed E-state index contributed by atoms with van der Waals surface area (Å²) in [4.78, 5) is 23.5. The lowest BCUT2D eigenvalue weighted by Gasteiger charge is -2.35. The first-order chi connectivity index (χ1) is 17.0. The summed E-state index contributed by atoms with van der Waals surface area (Å²) >= 11 is 11.9. The molecule has 1 aliphatic heterocycles. The third kappa shape index (κ3) is 6.90. The fourth-order valence-electron chi connectivity index (χ4n) is 3.77. The number of carbonyl (C=O) groups excluding carboxylic acids is 1. The lowest BCUT2D eigenvalue weighted by Crippen LogP contribution is -2.46. The van der Waals surface area contributed by atoms with Crippen molar-refractivity contribution in [1.29, 1.82) is 0 Å². The van der Waals surface area contributed by atoms with Crippen LogP contribution in [0.2, 0.25) is 10.0 Å². The van der Waals surface area contributed by atoms with Crippen molar-refractivity contribution in [1.82, 2.24) is 14.9 Å². The second-order valence-corrected chi connectivity index (χ2v) is 9.04. The third-order valence-corrected chi connectivity index (χ3v) is 5.89. The van der Waals surface area contributed by atoms with Crippen LogP contribution in [-0.4, -0.2) is 47.1 Å². The number of alkyl halides is 3. The number of rotatable bonds is 5. The summed E-state index contributed by atoms with van der Waals surface area (Å²) in [7, 11) is 0. The Kier molecular flexibility index (Phi) is 7.72. The minimum Gasteiger partial charge on any atom is -0.368 e. The van der Waals surface area contributed by atoms with Gasteiger partial charge in [-0.05, 0) is 35.9 Å². The predicted octanol–water partition coefficient (Wildman–Crippen LogP) is 5.35. The number of hydrogen-bond donors (Lipinski definition) is 3. The molecule has 1 fully saturated rings. The maximum atomic E-state index is 13.0. The quantitative estimate of drug-likeness (QED) is 0.404. The Bertz CT molecular complexity index is 1210. The van der Waals surface area contributed by atoms with Crippen LogP contribution in [0.1, 0.15) is 11.3 Å². The molecule has 0 aliphatic carbocycles. The molecular formula is C23H22Cl2F3N7O. The van der Waals surface area contributed by atoms with Crippen LogP contribution in [0.4, 0.5) is 41.1 Å². The van der Waals surface area contributed by atoms with E-state index in [-0.39, 0.29) is 5.82 Å². The first kappa shape index (κ1) is 25.8. The molecule has 0 unspecified atom stereocenters. The maximum absolute atomic E-state index is 13.0. The molecule has 1 saturated heterocycles. The number of nitrogens with two attached hydrogens (primary N) is 1. The number of carbonyl (C=O) groups is 1. The van der Waals surface area contributed by atoms with Gasteiger partial charge in [0.2, 0.25) is 5.95 Å². The average molecular weight is 540 g/mol. The summed E-state index contributed by atoms with van der Waals surface area (Å²) in [6.07, 6.45) is -4.59. The Morgan fingerprint density at radius 3 is 2.14 bits per heavy atom. The van der Waals surface area contributed by atoms with Gasteiger partial charge < -0.3 is 21.3 Å². The summed E-state index contributed by atoms with van der Waals surface area (Å²) in [5, 5.41) is 6.24. The van der Waals surface area contributed by atoms with E-state index in [2.05, 4.69) is 25.5 Å². The molecule has 1 aliphatic rings. The number of nitrogens with zero attached hydrogens (tertiary/aromatic N) is 4. The van der Waals surface area contributed by atoms with Crippen molar-refractivity contribution in [3.8, 4) is 0 Å². The molecule has 0 radical (unpaired) electrons. The van der Waals surface area contributed by atoms with Gasteiger partial charge in [-0.3, -0.25) is 4.90 Å². The largest absolute Gasteiger partial charge is 0.433 e. The van der Waals surface area contributed by atoms with Gasteiger partial charge >= 0.3 is 12.2 Å². The molecule has 0 bridgehead atoms. The van der Waals surface area contributed by atoms with Crippen molar-refractivity contribution < 1.29 is 18.0 Å². The molecule has 2 aromatic carbocycles. The molecule has 2 heterocycles. The minimum atomic E-state index is -4.59. The van der Waals surface area contributed by atoms with Gasteiger partial charge in [0.25, 0.3) is 0 Å². The Morgan fingerprint density at radius 2 is 1.53 bits per heavy atom. The number of aromatic nitrogens is 2. The summed E-state index contributed by atoms with van der Waals surface area (Å²) < 4.78 is 39.1. The van der Waals surface area contributed by atoms with Crippen LogP contribution in [0.5, 0.6) is 0 Å². The highest BCUT2D eigenvalue weighted by Gasteiger charge is 2.34. The number of hydrogen-bond acceptors (Lipinski definition) is 6. The van der Waals surface area contributed by atoms with E-state index in [0.717, 1.165) is 11.6 Å². The van der Waals surface area contributed by atoms with Gasteiger partial charge in [-0.25, -0.2) is 9.78 Å². The fourth-order valence-corrected chi connectivity index (χ4v) is 4.29. The topological polar surface area (TPSA) is 99.4 Å². The molecule has 0 atom stereocenters. The zero-order chi connectivity index (χ0) is 25.9. The Balaban J connectivity index is 1.28. The molecule has 3 aromatic rings. The van der Waals surface area contributed by atoms with Crippen molar-refractivity contribution >= 4 is 52.4 Å². The van der Waals surface area contributed by atoms with Crippen LogP contribution < -0.4 is 21.3 Å². The molecule has 190 valence electrons. The van der Waals surface area contributed by atoms with Crippen LogP contribution in [0.3, 0.4) is 0 Å². The molecule has 36 heavy (non-hydrogen) atoms. The van der Waals surface area contributed by atoms with Gasteiger partial charge in [0, 0.05) is 60.2 Å². The average Bonchev–Trinajstić information content (AvgIpc) is 2.79. The van der Waals surface area contributed by atoms with Gasteiger partial charge in [-0.1, -0.05) is 35.3 Å². The molecule has 4 rings (SSSR count). The molecule has 4 N–H and O–H groups in total. The van der Waals surface area contributed by atoms with Crippen molar-refractivity contribution in [2.75, 3.05) is 47.4 Å². The highest BCUT2D eigenvalue weighted by Crippen LogP contribution is 2.30. The van der Waals surface area contributed by atoms with E-state index < -0.39 is 23.8 Å². The maximum Gasteiger partial charge on any atom is 0.433 e. The summed E-state index contributed by atoms with van der Waals surface area (Å²) in [5.41, 5.74) is 6.54. The van der Waals surface area contributed by atoms with Crippen LogP contribution in [-0.2, 0) is 12.7 Å². The number of benzene rings is 2. The second kappa shape index (κ2) is 10.8. The molecule has 13 heteroatoms. The van der Waals surface area contributed by atoms with Crippen LogP contribution in [0.15, 0.2) is 48.5 Å². The van der Waals surface area contributed by atoms with E-state index in [9.17, 15) is 18.0 Å². The van der Waals surface area contributed by atoms with Crippen molar-refractivity contribution in [2.45, 2.75) is 12.7 Å². The van der Waals surface area contributed by atoms with Gasteiger partial charge in [0.1, 0.15) is 5.82 Å². The van der Waals surface area contributed by atoms with Gasteiger partial charge in [-0.2, -0.15) is 18.2 Å². The molecule has 2 amide bonds. The molecular weight excluding hydrogens is 518 g/mol. The zero-order valence-electron chi connectivity index (χ0n) is 18.8. The smallest absolute Gasteiger partial charge is 0.368 e. The van der Waals surface area contributed by atoms with Crippen LogP contribution >= 0.6 is 23.2 Å². The van der Waals surface area contributed by atoms with Crippen molar-refractivity contribution in [2.24, 2.45) is 0 Å². The predicted molar refractivity (Wildman–Crippen MR) is 134 cm³/mol. The number of anilines is 4. The summed E-state index contributed by atoms with van der Waals surface area (Å²) in [6, 6.07) is 12.6. The highest BCUT2D eigenvalue weighted by molar-refractivity contribution is 6.35. The van der Waals surface area contributed by atoms with E-state index in [1.54, 1.807) is 35.2 Å². The van der Waals surface area contributed by atoms with Gasteiger partial charge in [0.05, 0.1) is 0 Å². The van der Waals surface area contributed by atoms with E-state index in [4.69, 9.17) is 28.9 Å². The van der Waals surface area contributed by atoms with Gasteiger partial charge in [-0.15, -0.1) is 0 Å². The Morgan fingerprint density at radius 1 is 0.917 bits per heavy atom. The lowest BCUT2D eigenvalue weighted by atomic mass is 10.1. The van der Waals surface area contributed by atoms with E-state index >= 15 is 0 Å². The van der Waals surface area contributed by atoms with Crippen molar-refractivity contribution in [3.05, 3.63) is 69.8 Å². The number of amides is 2. The Hall–Kier alpha value is -3.28. The summed E-state index contributed by atoms with van der Waals surface area (Å²) in [5.74, 6) is -0.232. The fraction of sp³-hybridized carbons (Fsp3) is 0.261. The standard InChI is InChI=1S/C23H22Cl2F3N7O/c24-15-9-16(25)11-18(10-15)31-22(36)30-17-3-1-14(2-4-17)13-34-5-7-35(8-6-34)20-12-19(23(26,27)28)32-21(29)33-20/h1-4,9-12H,5-8,13H2,(H2,29,32,33)(H2,30,31,36). The lowest BCUT2D eigenvalue weighted by molar-refractivity contribution is -0.141. The number of piperazine rings is 1. The van der Waals surface area contributed by atoms with E-state index in [1.807, 2.05) is 12.1 Å². The second-order valence-electron chi connectivity index (χ2n) is 8.16. The normalized spacial score (nSPS) is 14.5. The minimum absolute atomic E-state index is 0.170. The van der Waals surface area contributed by atoms with Crippen LogP contribution in [0.25, 0.3) is 0 Å². The van der Waals surface area contributed by atoms with Crippen LogP contribution in [0, 0.1) is 0 Å².